The quantitative estimate of drug-likeness (QED) is 0.867. The Morgan fingerprint density at radius 1 is 1.55 bits per heavy atom. The fraction of sp³-hybridized carbons (Fsp3) is 0.786. The lowest BCUT2D eigenvalue weighted by molar-refractivity contribution is -0.122. The van der Waals surface area contributed by atoms with Crippen LogP contribution in [-0.4, -0.2) is 40.1 Å². The van der Waals surface area contributed by atoms with E-state index >= 15 is 0 Å². The van der Waals surface area contributed by atoms with Crippen LogP contribution in [0.1, 0.15) is 51.9 Å². The van der Waals surface area contributed by atoms with Gasteiger partial charge in [0.1, 0.15) is 6.04 Å². The SMILES string of the molecule is CC(NC(=O)CC1CSCCN1)c1nc(C(C)(C)C)no1.Cl. The van der Waals surface area contributed by atoms with E-state index in [-0.39, 0.29) is 35.8 Å². The fourth-order valence-electron chi connectivity index (χ4n) is 2.05. The first-order valence-corrected chi connectivity index (χ1v) is 8.46. The number of nitrogens with one attached hydrogen (secondary N) is 2. The predicted octanol–water partition coefficient (Wildman–Crippen LogP) is 2.06. The molecule has 6 nitrogen and oxygen atoms in total. The smallest absolute Gasteiger partial charge is 0.248 e. The Morgan fingerprint density at radius 2 is 2.27 bits per heavy atom. The Hall–Kier alpha value is -0.790. The van der Waals surface area contributed by atoms with E-state index in [1.807, 2.05) is 39.5 Å². The first-order chi connectivity index (χ1) is 9.86. The van der Waals surface area contributed by atoms with Crippen LogP contribution in [0.4, 0.5) is 0 Å². The van der Waals surface area contributed by atoms with Gasteiger partial charge in [-0.05, 0) is 6.92 Å². The number of carbonyl (C=O) groups is 1. The lowest BCUT2D eigenvalue weighted by Gasteiger charge is -2.23. The third-order valence-corrected chi connectivity index (χ3v) is 4.42. The number of halogens is 1. The van der Waals surface area contributed by atoms with Crippen molar-refractivity contribution in [3.63, 3.8) is 0 Å². The zero-order valence-electron chi connectivity index (χ0n) is 13.5. The third-order valence-electron chi connectivity index (χ3n) is 3.29. The molecule has 1 aliphatic rings. The van der Waals surface area contributed by atoms with E-state index in [1.54, 1.807) is 0 Å². The van der Waals surface area contributed by atoms with Crippen LogP contribution in [0.15, 0.2) is 4.52 Å². The summed E-state index contributed by atoms with van der Waals surface area (Å²) in [6, 6.07) is -0.0129. The summed E-state index contributed by atoms with van der Waals surface area (Å²) in [7, 11) is 0. The summed E-state index contributed by atoms with van der Waals surface area (Å²) in [4.78, 5) is 16.4. The molecule has 2 heterocycles. The van der Waals surface area contributed by atoms with Crippen LogP contribution in [0.25, 0.3) is 0 Å². The normalized spacial score (nSPS) is 20.1. The van der Waals surface area contributed by atoms with Crippen molar-refractivity contribution >= 4 is 30.1 Å². The van der Waals surface area contributed by atoms with E-state index in [9.17, 15) is 4.79 Å². The molecule has 0 bridgehead atoms. The van der Waals surface area contributed by atoms with Gasteiger partial charge in [-0.1, -0.05) is 25.9 Å². The Labute approximate surface area is 142 Å². The standard InChI is InChI=1S/C14H24N4O2S.ClH/c1-9(12-17-13(18-20-12)14(2,3)4)16-11(19)7-10-8-21-6-5-15-10;/h9-10,15H,5-8H2,1-4H3,(H,16,19);1H. The molecule has 1 saturated heterocycles. The number of thioether (sulfide) groups is 1. The first-order valence-electron chi connectivity index (χ1n) is 7.31. The largest absolute Gasteiger partial charge is 0.345 e. The molecule has 0 radical (unpaired) electrons. The average Bonchev–Trinajstić information content (AvgIpc) is 2.89. The van der Waals surface area contributed by atoms with Gasteiger partial charge in [-0.3, -0.25) is 4.79 Å². The molecular formula is C14H25ClN4O2S. The van der Waals surface area contributed by atoms with Gasteiger partial charge in [0.05, 0.1) is 0 Å². The van der Waals surface area contributed by atoms with Gasteiger partial charge in [-0.15, -0.1) is 12.4 Å². The molecule has 1 amide bonds. The Kier molecular flexibility index (Phi) is 7.15. The van der Waals surface area contributed by atoms with Crippen molar-refractivity contribution in [2.45, 2.75) is 51.6 Å². The predicted molar refractivity (Wildman–Crippen MR) is 90.5 cm³/mol. The van der Waals surface area contributed by atoms with Crippen molar-refractivity contribution in [3.05, 3.63) is 11.7 Å². The average molecular weight is 349 g/mol. The monoisotopic (exact) mass is 348 g/mol. The molecule has 1 fully saturated rings. The molecule has 0 saturated carbocycles. The highest BCUT2D eigenvalue weighted by atomic mass is 35.5. The Balaban J connectivity index is 0.00000242. The zero-order valence-corrected chi connectivity index (χ0v) is 15.1. The second kappa shape index (κ2) is 8.17. The Bertz CT molecular complexity index is 483. The van der Waals surface area contributed by atoms with E-state index in [0.717, 1.165) is 18.1 Å². The Morgan fingerprint density at radius 3 is 2.82 bits per heavy atom. The van der Waals surface area contributed by atoms with Crippen molar-refractivity contribution in [2.24, 2.45) is 0 Å². The number of carbonyl (C=O) groups excluding carboxylic acids is 1. The molecule has 0 aliphatic carbocycles. The van der Waals surface area contributed by atoms with Crippen LogP contribution in [0.3, 0.4) is 0 Å². The van der Waals surface area contributed by atoms with Crippen LogP contribution in [0.5, 0.6) is 0 Å². The highest BCUT2D eigenvalue weighted by Crippen LogP contribution is 2.20. The lowest BCUT2D eigenvalue weighted by Crippen LogP contribution is -2.41. The second-order valence-corrected chi connectivity index (χ2v) is 7.58. The second-order valence-electron chi connectivity index (χ2n) is 6.43. The molecule has 1 aromatic rings. The molecule has 1 aromatic heterocycles. The summed E-state index contributed by atoms with van der Waals surface area (Å²) in [5.41, 5.74) is -0.158. The van der Waals surface area contributed by atoms with Gasteiger partial charge in [0.15, 0.2) is 5.82 Å². The van der Waals surface area contributed by atoms with Gasteiger partial charge in [-0.2, -0.15) is 16.7 Å². The van der Waals surface area contributed by atoms with Crippen molar-refractivity contribution in [1.82, 2.24) is 20.8 Å². The van der Waals surface area contributed by atoms with E-state index < -0.39 is 0 Å². The van der Waals surface area contributed by atoms with Crippen molar-refractivity contribution < 1.29 is 9.32 Å². The maximum atomic E-state index is 12.0. The topological polar surface area (TPSA) is 80.0 Å². The first kappa shape index (κ1) is 19.3. The third kappa shape index (κ3) is 5.44. The van der Waals surface area contributed by atoms with E-state index in [2.05, 4.69) is 20.8 Å². The van der Waals surface area contributed by atoms with E-state index in [1.165, 1.54) is 0 Å². The number of amides is 1. The number of nitrogens with zero attached hydrogens (tertiary/aromatic N) is 2. The van der Waals surface area contributed by atoms with Gasteiger partial charge in [0.25, 0.3) is 0 Å². The van der Waals surface area contributed by atoms with Crippen molar-refractivity contribution in [3.8, 4) is 0 Å². The van der Waals surface area contributed by atoms with Crippen LogP contribution < -0.4 is 10.6 Å². The molecule has 0 aromatic carbocycles. The van der Waals surface area contributed by atoms with Crippen LogP contribution in [0, 0.1) is 0 Å². The fourth-order valence-corrected chi connectivity index (χ4v) is 3.00. The molecule has 126 valence electrons. The summed E-state index contributed by atoms with van der Waals surface area (Å²) in [6.07, 6.45) is 0.484. The maximum Gasteiger partial charge on any atom is 0.248 e. The molecular weight excluding hydrogens is 324 g/mol. The molecule has 8 heteroatoms. The van der Waals surface area contributed by atoms with Gasteiger partial charge in [-0.25, -0.2) is 0 Å². The molecule has 2 rings (SSSR count). The zero-order chi connectivity index (χ0) is 15.5. The summed E-state index contributed by atoms with van der Waals surface area (Å²) in [6.45, 7) is 8.91. The summed E-state index contributed by atoms with van der Waals surface area (Å²) < 4.78 is 5.25. The van der Waals surface area contributed by atoms with Gasteiger partial charge in [0.2, 0.25) is 11.8 Å². The lowest BCUT2D eigenvalue weighted by atomic mass is 9.96. The van der Waals surface area contributed by atoms with Gasteiger partial charge < -0.3 is 15.2 Å². The summed E-state index contributed by atoms with van der Waals surface area (Å²) >= 11 is 1.88. The van der Waals surface area contributed by atoms with Crippen LogP contribution in [-0.2, 0) is 10.2 Å². The minimum Gasteiger partial charge on any atom is -0.345 e. The van der Waals surface area contributed by atoms with E-state index in [4.69, 9.17) is 4.52 Å². The number of aromatic nitrogens is 2. The maximum absolute atomic E-state index is 12.0. The summed E-state index contributed by atoms with van der Waals surface area (Å²) in [5.74, 6) is 3.23. The summed E-state index contributed by atoms with van der Waals surface area (Å²) in [5, 5.41) is 10.3. The van der Waals surface area contributed by atoms with Crippen molar-refractivity contribution in [1.29, 1.82) is 0 Å². The number of hydrogen-bond donors (Lipinski definition) is 2. The highest BCUT2D eigenvalue weighted by molar-refractivity contribution is 7.99. The minimum absolute atomic E-state index is 0. The number of rotatable bonds is 4. The van der Waals surface area contributed by atoms with Crippen LogP contribution in [0.2, 0.25) is 0 Å². The van der Waals surface area contributed by atoms with E-state index in [0.29, 0.717) is 18.1 Å². The van der Waals surface area contributed by atoms with Crippen molar-refractivity contribution in [2.75, 3.05) is 18.1 Å². The number of hydrogen-bond acceptors (Lipinski definition) is 6. The molecule has 22 heavy (non-hydrogen) atoms. The van der Waals surface area contributed by atoms with Crippen LogP contribution >= 0.6 is 24.2 Å². The highest BCUT2D eigenvalue weighted by Gasteiger charge is 2.24. The van der Waals surface area contributed by atoms with Gasteiger partial charge >= 0.3 is 0 Å². The molecule has 2 atom stereocenters. The molecule has 2 unspecified atom stereocenters. The molecule has 0 spiro atoms. The molecule has 1 aliphatic heterocycles. The minimum atomic E-state index is -0.266. The molecule has 2 N–H and O–H groups in total. The van der Waals surface area contributed by atoms with Gasteiger partial charge in [0, 0.05) is 35.9 Å².